The third-order valence-electron chi connectivity index (χ3n) is 23.7. The number of hydrogen-bond donors (Lipinski definition) is 20. The molecule has 20 N–H and O–H groups in total. The van der Waals surface area contributed by atoms with Crippen LogP contribution in [0, 0.1) is 46.3 Å². The van der Waals surface area contributed by atoms with Crippen molar-refractivity contribution < 1.29 is 164 Å². The average molecular weight is 1390 g/mol. The summed E-state index contributed by atoms with van der Waals surface area (Å²) in [6.07, 6.45) is -44.1. The van der Waals surface area contributed by atoms with Crippen molar-refractivity contribution in [3.05, 3.63) is 11.6 Å². The molecule has 0 aromatic carbocycles. The summed E-state index contributed by atoms with van der Waals surface area (Å²) in [7, 11) is 0. The fraction of sp³-hybridized carbons (Fsp3) is 0.968. The molecule has 0 aromatic heterocycles. The lowest BCUT2D eigenvalue weighted by atomic mass is 9.47. The third kappa shape index (κ3) is 14.1. The van der Waals surface area contributed by atoms with Crippen LogP contribution in [0.5, 0.6) is 0 Å². The van der Waals surface area contributed by atoms with Crippen molar-refractivity contribution >= 4 is 0 Å². The highest BCUT2D eigenvalue weighted by Crippen LogP contribution is 2.70. The van der Waals surface area contributed by atoms with Gasteiger partial charge in [0.2, 0.25) is 0 Å². The summed E-state index contributed by atoms with van der Waals surface area (Å²) in [5, 5.41) is 216. The Bertz CT molecular complexity index is 2560. The van der Waals surface area contributed by atoms with Gasteiger partial charge in [-0.15, -0.1) is 0 Å². The van der Waals surface area contributed by atoms with Crippen LogP contribution in [0.25, 0.3) is 0 Å². The van der Waals surface area contributed by atoms with Gasteiger partial charge < -0.3 is 164 Å². The molecule has 0 radical (unpaired) electrons. The largest absolute Gasteiger partial charge is 0.394 e. The number of aliphatic hydroxyl groups is 20. The Morgan fingerprint density at radius 2 is 1.01 bits per heavy atom. The number of hydrogen-bond acceptors (Lipinski definition) is 33. The van der Waals surface area contributed by atoms with Crippen molar-refractivity contribution in [3.63, 3.8) is 0 Å². The Labute approximate surface area is 554 Å². The van der Waals surface area contributed by atoms with E-state index in [1.165, 1.54) is 12.5 Å². The molecule has 11 aliphatic rings. The van der Waals surface area contributed by atoms with Gasteiger partial charge in [0.05, 0.1) is 58.0 Å². The Balaban J connectivity index is 0.746. The normalized spacial score (nSPS) is 54.8. The summed E-state index contributed by atoms with van der Waals surface area (Å²) in [5.74, 6) is -0.721. The summed E-state index contributed by atoms with van der Waals surface area (Å²) in [6, 6.07) is 0. The van der Waals surface area contributed by atoms with Crippen LogP contribution in [0.4, 0.5) is 0 Å². The average Bonchev–Trinajstić information content (AvgIpc) is 1.58. The van der Waals surface area contributed by atoms with E-state index in [0.717, 1.165) is 25.7 Å². The van der Waals surface area contributed by atoms with Crippen LogP contribution in [0.2, 0.25) is 0 Å². The highest BCUT2D eigenvalue weighted by Gasteiger charge is 2.68. The molecule has 7 aliphatic heterocycles. The SMILES string of the molecule is C[C@H](CC[C@@]1(O)O[C@H]2C[C@H]3[C@@H]4CC=C5C[C@@H](O[C@@H]6O[C@H](CO)[C@@H](O[C@@H]7O[C@H](CO)[C@@H](O)[C@H](O[C@@H]8O[C@H](CO[C@@H]9O[C@H](CO)[C@@H](O)[C@H](O)[C@H]9O)[C@@H](O)[C@H](O)[C@H]8O)[C@H]7O)[C@H](O)[C@H]6O[C@@H]6O[C@@H](C)[C@H](O)[C@@H](O)[C@H]6O)CC[C@]5(C)[C@H]4CC[C@]3(C)[C@H]2[C@@H]1C)CO[C@@H]1O[C@H](CO)[C@@H](O)[C@H](O)[C@H]1O. The lowest BCUT2D eigenvalue weighted by molar-refractivity contribution is -0.397. The lowest BCUT2D eigenvalue weighted by Gasteiger charge is -2.58. The van der Waals surface area contributed by atoms with Crippen LogP contribution in [-0.4, -0.2) is 344 Å². The summed E-state index contributed by atoms with van der Waals surface area (Å²) in [5.41, 5.74) is 0.791. The fourth-order valence-electron chi connectivity index (χ4n) is 17.9. The molecule has 7 heterocycles. The smallest absolute Gasteiger partial charge is 0.187 e. The van der Waals surface area contributed by atoms with Crippen LogP contribution < -0.4 is 0 Å². The second kappa shape index (κ2) is 30.2. The van der Waals surface area contributed by atoms with Crippen molar-refractivity contribution in [2.24, 2.45) is 46.3 Å². The minimum absolute atomic E-state index is 0.0872. The van der Waals surface area contributed by atoms with Crippen molar-refractivity contribution in [2.45, 2.75) is 295 Å². The number of allylic oxidation sites excluding steroid dienone is 1. The van der Waals surface area contributed by atoms with Crippen molar-refractivity contribution in [1.29, 1.82) is 0 Å². The topological polar surface area (TPSA) is 525 Å². The van der Waals surface area contributed by atoms with Crippen LogP contribution in [0.15, 0.2) is 11.6 Å². The maximum atomic E-state index is 12.5. The minimum Gasteiger partial charge on any atom is -0.394 e. The Morgan fingerprint density at radius 3 is 1.64 bits per heavy atom. The fourth-order valence-corrected chi connectivity index (χ4v) is 17.9. The van der Waals surface area contributed by atoms with Crippen LogP contribution in [0.1, 0.15) is 92.4 Å². The highest BCUT2D eigenvalue weighted by atomic mass is 16.8. The molecular formula is C63H104O33. The third-order valence-corrected chi connectivity index (χ3v) is 23.7. The number of ether oxygens (including phenoxy) is 13. The molecule has 554 valence electrons. The van der Waals surface area contributed by atoms with Gasteiger partial charge in [-0.05, 0) is 98.7 Å². The van der Waals surface area contributed by atoms with E-state index in [2.05, 4.69) is 26.8 Å². The molecule has 0 spiro atoms. The van der Waals surface area contributed by atoms with Gasteiger partial charge in [0, 0.05) is 12.3 Å². The van der Waals surface area contributed by atoms with Gasteiger partial charge in [-0.3, -0.25) is 0 Å². The second-order valence-electron chi connectivity index (χ2n) is 29.5. The maximum Gasteiger partial charge on any atom is 0.187 e. The molecule has 0 bridgehead atoms. The van der Waals surface area contributed by atoms with E-state index < -0.39 is 229 Å². The number of aliphatic hydroxyl groups excluding tert-OH is 19. The van der Waals surface area contributed by atoms with Gasteiger partial charge in [0.15, 0.2) is 43.5 Å². The molecule has 96 heavy (non-hydrogen) atoms. The minimum atomic E-state index is -2.15. The molecule has 0 unspecified atom stereocenters. The zero-order valence-corrected chi connectivity index (χ0v) is 54.4. The highest BCUT2D eigenvalue weighted by molar-refractivity contribution is 5.26. The van der Waals surface area contributed by atoms with Crippen LogP contribution in [-0.2, 0) is 61.6 Å². The first-order chi connectivity index (χ1) is 45.4. The zero-order valence-electron chi connectivity index (χ0n) is 54.4. The number of fused-ring (bicyclic) bond motifs is 7. The van der Waals surface area contributed by atoms with Gasteiger partial charge in [0.25, 0.3) is 0 Å². The first-order valence-corrected chi connectivity index (χ1v) is 34.0. The molecule has 7 saturated heterocycles. The number of rotatable bonds is 21. The van der Waals surface area contributed by atoms with E-state index >= 15 is 0 Å². The van der Waals surface area contributed by atoms with Crippen molar-refractivity contribution in [3.8, 4) is 0 Å². The van der Waals surface area contributed by atoms with E-state index in [1.54, 1.807) is 0 Å². The van der Waals surface area contributed by atoms with Gasteiger partial charge in [-0.1, -0.05) is 39.3 Å². The van der Waals surface area contributed by atoms with Gasteiger partial charge in [-0.25, -0.2) is 0 Å². The van der Waals surface area contributed by atoms with E-state index in [-0.39, 0.29) is 41.3 Å². The van der Waals surface area contributed by atoms with E-state index in [1.807, 2.05) is 6.92 Å². The van der Waals surface area contributed by atoms with Crippen LogP contribution in [0.3, 0.4) is 0 Å². The van der Waals surface area contributed by atoms with E-state index in [4.69, 9.17) is 61.6 Å². The molecule has 0 amide bonds. The van der Waals surface area contributed by atoms with E-state index in [0.29, 0.717) is 49.9 Å². The summed E-state index contributed by atoms with van der Waals surface area (Å²) >= 11 is 0. The molecule has 3 saturated carbocycles. The standard InChI is InChI=1S/C63H104O33/c1-22(20-84-55-46(77)43(74)38(69)31(16-64)88-55)8-13-63(83)23(2)36-30(96-63)15-29-27-7-6-25-14-26(9-11-61(25,4)28(27)10-12-62(29,36)5)87-60-54(95-57-48(79)42(73)37(68)24(3)86-57)50(81)52(34(19-67)91-60)93-59-51(82)53(41(72)33(18-66)90-59)94-58-49(80)45(76)40(71)35(92-58)21-85-56-47(78)44(75)39(70)32(17-65)89-56/h6,22-24,26-60,64-83H,7-21H2,1-5H3/t22-,23+,24+,26+,27-,28+,29+,30+,31-,32-,33-,34-,35-,36+,37+,38-,39-,40-,41-,42-,43+,44+,45+,46-,47-,48-,49-,50+,51-,52-,53+,54-,55-,56-,57+,58+,59+,60-,61+,62+,63-/m1/s1. The summed E-state index contributed by atoms with van der Waals surface area (Å²) in [4.78, 5) is 0. The van der Waals surface area contributed by atoms with E-state index in [9.17, 15) is 102 Å². The summed E-state index contributed by atoms with van der Waals surface area (Å²) < 4.78 is 77.8. The predicted molar refractivity (Wildman–Crippen MR) is 315 cm³/mol. The molecule has 33 nitrogen and oxygen atoms in total. The molecule has 11 rings (SSSR count). The first-order valence-electron chi connectivity index (χ1n) is 34.0. The molecular weight excluding hydrogens is 1280 g/mol. The summed E-state index contributed by atoms with van der Waals surface area (Å²) in [6.45, 7) is 6.21. The van der Waals surface area contributed by atoms with Crippen molar-refractivity contribution in [2.75, 3.05) is 39.6 Å². The molecule has 33 heteroatoms. The zero-order chi connectivity index (χ0) is 69.5. The Kier molecular flexibility index (Phi) is 23.8. The van der Waals surface area contributed by atoms with Gasteiger partial charge in [-0.2, -0.15) is 0 Å². The quantitative estimate of drug-likeness (QED) is 0.0475. The van der Waals surface area contributed by atoms with Crippen molar-refractivity contribution in [1.82, 2.24) is 0 Å². The predicted octanol–water partition coefficient (Wildman–Crippen LogP) is -7.36. The second-order valence-corrected chi connectivity index (χ2v) is 29.5. The molecule has 4 aliphatic carbocycles. The Hall–Kier alpha value is -1.58. The molecule has 10 fully saturated rings. The van der Waals surface area contributed by atoms with Crippen LogP contribution >= 0.6 is 0 Å². The monoisotopic (exact) mass is 1390 g/mol. The Morgan fingerprint density at radius 1 is 0.500 bits per heavy atom. The maximum absolute atomic E-state index is 12.5. The first kappa shape index (κ1) is 75.6. The van der Waals surface area contributed by atoms with Gasteiger partial charge >= 0.3 is 0 Å². The lowest BCUT2D eigenvalue weighted by Crippen LogP contribution is -2.68. The molecule has 0 aromatic rings. The molecule has 41 atom stereocenters. The van der Waals surface area contributed by atoms with Gasteiger partial charge in [0.1, 0.15) is 140 Å².